The molecule has 1 amide bonds. The molecular weight excluding hydrogens is 420 g/mol. The van der Waals surface area contributed by atoms with Crippen molar-refractivity contribution in [3.8, 4) is 11.3 Å². The van der Waals surface area contributed by atoms with Crippen LogP contribution in [0.2, 0.25) is 5.02 Å². The number of halogens is 1. The number of hydrogen-bond acceptors (Lipinski definition) is 7. The van der Waals surface area contributed by atoms with Crippen molar-refractivity contribution in [2.45, 2.75) is 0 Å². The van der Waals surface area contributed by atoms with Gasteiger partial charge in [0.05, 0.1) is 0 Å². The van der Waals surface area contributed by atoms with Crippen LogP contribution in [0.25, 0.3) is 21.5 Å². The molecule has 4 aromatic rings. The summed E-state index contributed by atoms with van der Waals surface area (Å²) in [6.07, 6.45) is 4.87. The Morgan fingerprint density at radius 2 is 1.70 bits per heavy atom. The Morgan fingerprint density at radius 1 is 0.967 bits per heavy atom. The number of nitrogens with zero attached hydrogens (tertiary/aromatic N) is 6. The van der Waals surface area contributed by atoms with E-state index in [-0.39, 0.29) is 5.91 Å². The van der Waals surface area contributed by atoms with Gasteiger partial charge in [0, 0.05) is 54.7 Å². The van der Waals surface area contributed by atoms with Crippen molar-refractivity contribution in [1.29, 1.82) is 0 Å². The van der Waals surface area contributed by atoms with E-state index in [1.165, 1.54) is 11.5 Å². The van der Waals surface area contributed by atoms with E-state index in [0.29, 0.717) is 36.8 Å². The first-order chi connectivity index (χ1) is 14.7. The molecule has 0 unspecified atom stereocenters. The van der Waals surface area contributed by atoms with E-state index >= 15 is 0 Å². The molecule has 5 rings (SSSR count). The topological polar surface area (TPSA) is 75.1 Å². The summed E-state index contributed by atoms with van der Waals surface area (Å²) in [6, 6.07) is 11.1. The molecule has 0 radical (unpaired) electrons. The standard InChI is InChI=1S/C21H17ClN6OS/c22-16-3-1-14(2-4-16)17-18-19(30-26-17)20(25-13-24-18)27-9-11-28(12-10-27)21(29)15-5-7-23-8-6-15/h1-8,13H,9-12H2. The second-order valence-electron chi connectivity index (χ2n) is 6.93. The second-order valence-corrected chi connectivity index (χ2v) is 8.14. The molecule has 150 valence electrons. The van der Waals surface area contributed by atoms with Gasteiger partial charge in [0.25, 0.3) is 5.91 Å². The quantitative estimate of drug-likeness (QED) is 0.486. The van der Waals surface area contributed by atoms with E-state index in [4.69, 9.17) is 11.6 Å². The number of aromatic nitrogens is 4. The Hall–Kier alpha value is -3.10. The molecule has 0 atom stereocenters. The van der Waals surface area contributed by atoms with Gasteiger partial charge in [-0.25, -0.2) is 9.97 Å². The number of carbonyl (C=O) groups is 1. The molecule has 30 heavy (non-hydrogen) atoms. The van der Waals surface area contributed by atoms with Crippen molar-refractivity contribution in [1.82, 2.24) is 24.2 Å². The Morgan fingerprint density at radius 3 is 2.43 bits per heavy atom. The number of fused-ring (bicyclic) bond motifs is 1. The lowest BCUT2D eigenvalue weighted by molar-refractivity contribution is 0.0746. The maximum atomic E-state index is 12.7. The van der Waals surface area contributed by atoms with Gasteiger partial charge < -0.3 is 9.80 Å². The zero-order valence-corrected chi connectivity index (χ0v) is 17.5. The number of benzene rings is 1. The number of hydrogen-bond donors (Lipinski definition) is 0. The highest BCUT2D eigenvalue weighted by molar-refractivity contribution is 7.14. The van der Waals surface area contributed by atoms with Crippen molar-refractivity contribution >= 4 is 45.1 Å². The molecule has 9 heteroatoms. The number of pyridine rings is 1. The molecule has 0 N–H and O–H groups in total. The zero-order chi connectivity index (χ0) is 20.5. The summed E-state index contributed by atoms with van der Waals surface area (Å²) in [4.78, 5) is 29.7. The first kappa shape index (κ1) is 18.9. The van der Waals surface area contributed by atoms with Gasteiger partial charge in [-0.2, -0.15) is 4.37 Å². The zero-order valence-electron chi connectivity index (χ0n) is 15.9. The third-order valence-corrected chi connectivity index (χ3v) is 6.23. The molecule has 7 nitrogen and oxygen atoms in total. The van der Waals surface area contributed by atoms with Gasteiger partial charge in [-0.15, -0.1) is 0 Å². The lowest BCUT2D eigenvalue weighted by Gasteiger charge is -2.35. The molecule has 0 saturated carbocycles. The molecule has 0 aliphatic carbocycles. The van der Waals surface area contributed by atoms with Crippen molar-refractivity contribution in [3.63, 3.8) is 0 Å². The SMILES string of the molecule is O=C(c1ccncc1)N1CCN(c2ncnc3c(-c4ccc(Cl)cc4)nsc23)CC1. The maximum Gasteiger partial charge on any atom is 0.254 e. The van der Waals surface area contributed by atoms with Gasteiger partial charge in [-0.3, -0.25) is 9.78 Å². The minimum Gasteiger partial charge on any atom is -0.352 e. The average molecular weight is 437 g/mol. The third kappa shape index (κ3) is 3.48. The van der Waals surface area contributed by atoms with Crippen LogP contribution >= 0.6 is 23.1 Å². The van der Waals surface area contributed by atoms with Crippen molar-refractivity contribution in [3.05, 3.63) is 65.7 Å². The Bertz CT molecular complexity index is 1190. The molecule has 1 aromatic carbocycles. The molecule has 1 fully saturated rings. The normalized spacial score (nSPS) is 14.3. The van der Waals surface area contributed by atoms with E-state index in [1.807, 2.05) is 29.2 Å². The van der Waals surface area contributed by atoms with E-state index in [9.17, 15) is 4.79 Å². The lowest BCUT2D eigenvalue weighted by Crippen LogP contribution is -2.49. The molecule has 3 aromatic heterocycles. The number of rotatable bonds is 3. The van der Waals surface area contributed by atoms with Crippen molar-refractivity contribution in [2.75, 3.05) is 31.1 Å². The Balaban J connectivity index is 1.37. The van der Waals surface area contributed by atoms with Crippen LogP contribution in [-0.2, 0) is 0 Å². The first-order valence-corrected chi connectivity index (χ1v) is 10.7. The van der Waals surface area contributed by atoms with Crippen LogP contribution in [0.1, 0.15) is 10.4 Å². The van der Waals surface area contributed by atoms with E-state index in [2.05, 4.69) is 24.2 Å². The second kappa shape index (κ2) is 7.97. The van der Waals surface area contributed by atoms with Crippen LogP contribution in [0.5, 0.6) is 0 Å². The molecule has 1 aliphatic rings. The van der Waals surface area contributed by atoms with Crippen LogP contribution in [0.15, 0.2) is 55.1 Å². The largest absolute Gasteiger partial charge is 0.352 e. The monoisotopic (exact) mass is 436 g/mol. The number of piperazine rings is 1. The van der Waals surface area contributed by atoms with E-state index in [1.54, 1.807) is 30.9 Å². The van der Waals surface area contributed by atoms with Gasteiger partial charge in [0.15, 0.2) is 5.82 Å². The molecular formula is C21H17ClN6OS. The highest BCUT2D eigenvalue weighted by atomic mass is 35.5. The van der Waals surface area contributed by atoms with Crippen LogP contribution in [-0.4, -0.2) is 56.3 Å². The summed E-state index contributed by atoms with van der Waals surface area (Å²) in [5.74, 6) is 0.904. The van der Waals surface area contributed by atoms with Gasteiger partial charge >= 0.3 is 0 Å². The highest BCUT2D eigenvalue weighted by Gasteiger charge is 2.25. The highest BCUT2D eigenvalue weighted by Crippen LogP contribution is 2.34. The average Bonchev–Trinajstić information content (AvgIpc) is 3.24. The number of anilines is 1. The van der Waals surface area contributed by atoms with Crippen molar-refractivity contribution in [2.24, 2.45) is 0 Å². The molecule has 0 spiro atoms. The molecule has 1 saturated heterocycles. The summed E-state index contributed by atoms with van der Waals surface area (Å²) in [6.45, 7) is 2.68. The smallest absolute Gasteiger partial charge is 0.254 e. The van der Waals surface area contributed by atoms with Gasteiger partial charge in [-0.1, -0.05) is 23.7 Å². The fourth-order valence-corrected chi connectivity index (χ4v) is 4.57. The Labute approximate surface area is 182 Å². The summed E-state index contributed by atoms with van der Waals surface area (Å²) in [5, 5.41) is 0.688. The third-order valence-electron chi connectivity index (χ3n) is 5.15. The van der Waals surface area contributed by atoms with Gasteiger partial charge in [-0.05, 0) is 35.8 Å². The van der Waals surface area contributed by atoms with Crippen LogP contribution in [0.4, 0.5) is 5.82 Å². The van der Waals surface area contributed by atoms with E-state index < -0.39 is 0 Å². The summed E-state index contributed by atoms with van der Waals surface area (Å²) in [5.41, 5.74) is 3.31. The maximum absolute atomic E-state index is 12.7. The lowest BCUT2D eigenvalue weighted by atomic mass is 10.1. The van der Waals surface area contributed by atoms with Gasteiger partial charge in [0.1, 0.15) is 22.2 Å². The summed E-state index contributed by atoms with van der Waals surface area (Å²) >= 11 is 7.41. The Kier molecular flexibility index (Phi) is 5.02. The fourth-order valence-electron chi connectivity index (χ4n) is 3.57. The summed E-state index contributed by atoms with van der Waals surface area (Å²) < 4.78 is 5.59. The van der Waals surface area contributed by atoms with Gasteiger partial charge in [0.2, 0.25) is 0 Å². The van der Waals surface area contributed by atoms with Crippen LogP contribution < -0.4 is 4.90 Å². The number of carbonyl (C=O) groups excluding carboxylic acids is 1. The first-order valence-electron chi connectivity index (χ1n) is 9.51. The predicted octanol–water partition coefficient (Wildman–Crippen LogP) is 3.76. The van der Waals surface area contributed by atoms with E-state index in [0.717, 1.165) is 27.3 Å². The van der Waals surface area contributed by atoms with Crippen molar-refractivity contribution < 1.29 is 4.79 Å². The molecule has 4 heterocycles. The predicted molar refractivity (Wildman–Crippen MR) is 118 cm³/mol. The van der Waals surface area contributed by atoms with Crippen LogP contribution in [0, 0.1) is 0 Å². The minimum atomic E-state index is 0.0349. The molecule has 0 bridgehead atoms. The van der Waals surface area contributed by atoms with Crippen LogP contribution in [0.3, 0.4) is 0 Å². The minimum absolute atomic E-state index is 0.0349. The molecule has 1 aliphatic heterocycles. The number of amides is 1. The fraction of sp³-hybridized carbons (Fsp3) is 0.190. The summed E-state index contributed by atoms with van der Waals surface area (Å²) in [7, 11) is 0.